The van der Waals surface area contributed by atoms with Crippen LogP contribution in [0.5, 0.6) is 0 Å². The molecule has 0 unspecified atom stereocenters. The van der Waals surface area contributed by atoms with Gasteiger partial charge in [0.25, 0.3) is 5.91 Å². The molecule has 0 aliphatic carbocycles. The lowest BCUT2D eigenvalue weighted by Gasteiger charge is -2.34. The number of anilines is 1. The zero-order valence-corrected chi connectivity index (χ0v) is 17.2. The van der Waals surface area contributed by atoms with Gasteiger partial charge in [-0.25, -0.2) is 4.98 Å². The van der Waals surface area contributed by atoms with Crippen molar-refractivity contribution < 1.29 is 4.79 Å². The van der Waals surface area contributed by atoms with E-state index in [2.05, 4.69) is 46.8 Å². The standard InChI is InChI=1S/C20H20BrN3OS/c1-13-10-17-18(11-14(13)2)26-20(22-17)24-8-6-23(7-9-24)19(25)15-4-3-5-16(21)12-15/h3-5,10-12H,6-9H2,1-2H3. The minimum absolute atomic E-state index is 0.0986. The largest absolute Gasteiger partial charge is 0.345 e. The van der Waals surface area contributed by atoms with Crippen LogP contribution in [0.4, 0.5) is 5.13 Å². The predicted octanol–water partition coefficient (Wildman–Crippen LogP) is 4.64. The van der Waals surface area contributed by atoms with Crippen LogP contribution in [0, 0.1) is 13.8 Å². The second kappa shape index (κ2) is 7.00. The van der Waals surface area contributed by atoms with E-state index >= 15 is 0 Å². The van der Waals surface area contributed by atoms with Gasteiger partial charge < -0.3 is 9.80 Å². The van der Waals surface area contributed by atoms with Gasteiger partial charge in [-0.1, -0.05) is 33.3 Å². The fourth-order valence-electron chi connectivity index (χ4n) is 3.21. The molecule has 1 aliphatic rings. The van der Waals surface area contributed by atoms with Gasteiger partial charge in [-0.2, -0.15) is 0 Å². The quantitative estimate of drug-likeness (QED) is 0.595. The predicted molar refractivity (Wildman–Crippen MR) is 111 cm³/mol. The molecule has 1 aliphatic heterocycles. The van der Waals surface area contributed by atoms with Crippen molar-refractivity contribution >= 4 is 48.5 Å². The number of benzene rings is 2. The Kier molecular flexibility index (Phi) is 4.71. The number of fused-ring (bicyclic) bond motifs is 1. The van der Waals surface area contributed by atoms with E-state index in [0.717, 1.165) is 46.9 Å². The highest BCUT2D eigenvalue weighted by Crippen LogP contribution is 2.31. The summed E-state index contributed by atoms with van der Waals surface area (Å²) >= 11 is 5.18. The van der Waals surface area contributed by atoms with E-state index in [9.17, 15) is 4.79 Å². The van der Waals surface area contributed by atoms with Crippen LogP contribution in [0.25, 0.3) is 10.2 Å². The van der Waals surface area contributed by atoms with Gasteiger partial charge in [0, 0.05) is 36.2 Å². The molecule has 4 nitrogen and oxygen atoms in total. The number of rotatable bonds is 2. The number of aryl methyl sites for hydroxylation is 2. The summed E-state index contributed by atoms with van der Waals surface area (Å²) in [5.41, 5.74) is 4.38. The highest BCUT2D eigenvalue weighted by atomic mass is 79.9. The van der Waals surface area contributed by atoms with Crippen LogP contribution in [0.1, 0.15) is 21.5 Å². The molecule has 0 spiro atoms. The summed E-state index contributed by atoms with van der Waals surface area (Å²) in [6, 6.07) is 12.0. The van der Waals surface area contributed by atoms with E-state index in [-0.39, 0.29) is 5.91 Å². The minimum Gasteiger partial charge on any atom is -0.345 e. The molecule has 4 rings (SSSR count). The van der Waals surface area contributed by atoms with Crippen molar-refractivity contribution in [1.82, 2.24) is 9.88 Å². The van der Waals surface area contributed by atoms with Crippen LogP contribution in [0.2, 0.25) is 0 Å². The van der Waals surface area contributed by atoms with Crippen molar-refractivity contribution in [2.24, 2.45) is 0 Å². The second-order valence-corrected chi connectivity index (χ2v) is 8.62. The summed E-state index contributed by atoms with van der Waals surface area (Å²) in [5, 5.41) is 1.06. The Labute approximate surface area is 165 Å². The lowest BCUT2D eigenvalue weighted by atomic mass is 10.1. The Morgan fingerprint density at radius 3 is 2.54 bits per heavy atom. The Morgan fingerprint density at radius 1 is 1.08 bits per heavy atom. The number of piperazine rings is 1. The molecule has 6 heteroatoms. The third kappa shape index (κ3) is 3.35. The van der Waals surface area contributed by atoms with Gasteiger partial charge in [0.2, 0.25) is 0 Å². The van der Waals surface area contributed by atoms with Gasteiger partial charge in [0.15, 0.2) is 5.13 Å². The van der Waals surface area contributed by atoms with Crippen molar-refractivity contribution in [1.29, 1.82) is 0 Å². The van der Waals surface area contributed by atoms with Crippen LogP contribution in [-0.4, -0.2) is 42.0 Å². The number of carbonyl (C=O) groups excluding carboxylic acids is 1. The van der Waals surface area contributed by atoms with Gasteiger partial charge in [0.05, 0.1) is 10.2 Å². The number of hydrogen-bond donors (Lipinski definition) is 0. The molecule has 0 radical (unpaired) electrons. The first kappa shape index (κ1) is 17.5. The molecule has 3 aromatic rings. The first-order valence-electron chi connectivity index (χ1n) is 8.69. The van der Waals surface area contributed by atoms with Crippen molar-refractivity contribution in [3.8, 4) is 0 Å². The Morgan fingerprint density at radius 2 is 1.81 bits per heavy atom. The molecule has 134 valence electrons. The molecular weight excluding hydrogens is 410 g/mol. The monoisotopic (exact) mass is 429 g/mol. The maximum absolute atomic E-state index is 12.7. The third-order valence-electron chi connectivity index (χ3n) is 4.90. The molecule has 0 atom stereocenters. The van der Waals surface area contributed by atoms with E-state index in [1.165, 1.54) is 15.8 Å². The normalized spacial score (nSPS) is 14.9. The van der Waals surface area contributed by atoms with E-state index < -0.39 is 0 Å². The average molecular weight is 430 g/mol. The molecule has 0 N–H and O–H groups in total. The average Bonchev–Trinajstić information content (AvgIpc) is 3.04. The summed E-state index contributed by atoms with van der Waals surface area (Å²) in [5.74, 6) is 0.0986. The van der Waals surface area contributed by atoms with Crippen LogP contribution >= 0.6 is 27.3 Å². The third-order valence-corrected chi connectivity index (χ3v) is 6.47. The Bertz CT molecular complexity index is 937. The lowest BCUT2D eigenvalue weighted by Crippen LogP contribution is -2.48. The zero-order chi connectivity index (χ0) is 18.3. The van der Waals surface area contributed by atoms with Crippen molar-refractivity contribution in [2.75, 3.05) is 31.1 Å². The first-order chi connectivity index (χ1) is 12.5. The van der Waals surface area contributed by atoms with E-state index in [1.807, 2.05) is 29.2 Å². The zero-order valence-electron chi connectivity index (χ0n) is 14.8. The molecule has 2 aromatic carbocycles. The van der Waals surface area contributed by atoms with Gasteiger partial charge >= 0.3 is 0 Å². The van der Waals surface area contributed by atoms with E-state index in [4.69, 9.17) is 4.98 Å². The summed E-state index contributed by atoms with van der Waals surface area (Å²) in [7, 11) is 0. The van der Waals surface area contributed by atoms with Gasteiger partial charge in [-0.05, 0) is 55.3 Å². The fourth-order valence-corrected chi connectivity index (χ4v) is 4.70. The number of aromatic nitrogens is 1. The Hall–Kier alpha value is -1.92. The second-order valence-electron chi connectivity index (χ2n) is 6.69. The van der Waals surface area contributed by atoms with Gasteiger partial charge in [-0.3, -0.25) is 4.79 Å². The van der Waals surface area contributed by atoms with Crippen LogP contribution in [-0.2, 0) is 0 Å². The molecule has 1 fully saturated rings. The number of carbonyl (C=O) groups is 1. The molecule has 0 bridgehead atoms. The van der Waals surface area contributed by atoms with Crippen LogP contribution < -0.4 is 4.90 Å². The number of halogens is 1. The maximum Gasteiger partial charge on any atom is 0.254 e. The van der Waals surface area contributed by atoms with Gasteiger partial charge in [-0.15, -0.1) is 0 Å². The molecular formula is C20H20BrN3OS. The van der Waals surface area contributed by atoms with E-state index in [1.54, 1.807) is 11.3 Å². The number of thiazole rings is 1. The first-order valence-corrected chi connectivity index (χ1v) is 10.3. The van der Waals surface area contributed by atoms with Crippen molar-refractivity contribution in [3.63, 3.8) is 0 Å². The van der Waals surface area contributed by atoms with E-state index in [0.29, 0.717) is 0 Å². The maximum atomic E-state index is 12.7. The number of hydrogen-bond acceptors (Lipinski definition) is 4. The van der Waals surface area contributed by atoms with Crippen molar-refractivity contribution in [2.45, 2.75) is 13.8 Å². The minimum atomic E-state index is 0.0986. The summed E-state index contributed by atoms with van der Waals surface area (Å²) in [6.07, 6.45) is 0. The summed E-state index contributed by atoms with van der Waals surface area (Å²) < 4.78 is 2.16. The SMILES string of the molecule is Cc1cc2nc(N3CCN(C(=O)c4cccc(Br)c4)CC3)sc2cc1C. The number of nitrogens with zero attached hydrogens (tertiary/aromatic N) is 3. The molecule has 1 saturated heterocycles. The fraction of sp³-hybridized carbons (Fsp3) is 0.300. The molecule has 1 amide bonds. The van der Waals surface area contributed by atoms with Crippen LogP contribution in [0.15, 0.2) is 40.9 Å². The highest BCUT2D eigenvalue weighted by molar-refractivity contribution is 9.10. The molecule has 26 heavy (non-hydrogen) atoms. The van der Waals surface area contributed by atoms with Crippen LogP contribution in [0.3, 0.4) is 0 Å². The topological polar surface area (TPSA) is 36.4 Å². The molecule has 2 heterocycles. The summed E-state index contributed by atoms with van der Waals surface area (Å²) in [4.78, 5) is 21.7. The lowest BCUT2D eigenvalue weighted by molar-refractivity contribution is 0.0746. The number of amides is 1. The van der Waals surface area contributed by atoms with Gasteiger partial charge in [0.1, 0.15) is 0 Å². The Balaban J connectivity index is 1.47. The highest BCUT2D eigenvalue weighted by Gasteiger charge is 2.24. The smallest absolute Gasteiger partial charge is 0.254 e. The molecule has 1 aromatic heterocycles. The van der Waals surface area contributed by atoms with Crippen molar-refractivity contribution in [3.05, 3.63) is 57.6 Å². The molecule has 0 saturated carbocycles. The summed E-state index contributed by atoms with van der Waals surface area (Å²) in [6.45, 7) is 7.34.